The van der Waals surface area contributed by atoms with Gasteiger partial charge in [0.25, 0.3) is 0 Å². The van der Waals surface area contributed by atoms with Crippen LogP contribution in [0.3, 0.4) is 0 Å². The minimum Gasteiger partial charge on any atom is -0.491 e. The topological polar surface area (TPSA) is 78.9 Å². The largest absolute Gasteiger partial charge is 0.491 e. The second-order valence-electron chi connectivity index (χ2n) is 6.13. The molecule has 4 aromatic rings. The highest BCUT2D eigenvalue weighted by Gasteiger charge is 2.16. The number of ether oxygens (including phenoxy) is 1. The fourth-order valence-electron chi connectivity index (χ4n) is 3.06. The van der Waals surface area contributed by atoms with Crippen LogP contribution < -0.4 is 10.5 Å². The van der Waals surface area contributed by atoms with Gasteiger partial charge in [0.1, 0.15) is 11.3 Å². The lowest BCUT2D eigenvalue weighted by molar-refractivity contribution is 0.323. The van der Waals surface area contributed by atoms with Crippen molar-refractivity contribution in [1.29, 1.82) is 0 Å². The number of aryl methyl sites for hydroxylation is 1. The quantitative estimate of drug-likeness (QED) is 0.569. The van der Waals surface area contributed by atoms with Gasteiger partial charge in [-0.05, 0) is 36.4 Å². The molecule has 0 saturated heterocycles. The van der Waals surface area contributed by atoms with Gasteiger partial charge in [-0.3, -0.25) is 14.6 Å². The molecule has 136 valence electrons. The molecule has 0 unspecified atom stereocenters. The highest BCUT2D eigenvalue weighted by molar-refractivity contribution is 6.33. The van der Waals surface area contributed by atoms with E-state index in [-0.39, 0.29) is 0 Å². The Balaban J connectivity index is 1.72. The zero-order valence-corrected chi connectivity index (χ0v) is 15.5. The van der Waals surface area contributed by atoms with Gasteiger partial charge in [-0.25, -0.2) is 0 Å². The van der Waals surface area contributed by atoms with Gasteiger partial charge in [0.2, 0.25) is 0 Å². The van der Waals surface area contributed by atoms with Crippen molar-refractivity contribution in [1.82, 2.24) is 19.7 Å². The van der Waals surface area contributed by atoms with E-state index >= 15 is 0 Å². The van der Waals surface area contributed by atoms with Crippen LogP contribution in [0.1, 0.15) is 5.69 Å². The third-order valence-corrected chi connectivity index (χ3v) is 4.61. The van der Waals surface area contributed by atoms with Gasteiger partial charge in [-0.15, -0.1) is 0 Å². The second-order valence-corrected chi connectivity index (χ2v) is 6.54. The first kappa shape index (κ1) is 17.3. The van der Waals surface area contributed by atoms with Crippen LogP contribution in [0.5, 0.6) is 5.75 Å². The summed E-state index contributed by atoms with van der Waals surface area (Å²) in [5.41, 5.74) is 9.42. The molecule has 7 heteroatoms. The SMILES string of the molecule is Cn1nc(N)c2cc(-c3ncccc3Cl)cc(OCCc3ccccn3)c21. The Morgan fingerprint density at radius 1 is 1.11 bits per heavy atom. The average molecular weight is 380 g/mol. The molecule has 3 heterocycles. The van der Waals surface area contributed by atoms with E-state index in [9.17, 15) is 0 Å². The maximum absolute atomic E-state index is 6.33. The Morgan fingerprint density at radius 2 is 1.96 bits per heavy atom. The van der Waals surface area contributed by atoms with E-state index in [0.29, 0.717) is 35.3 Å². The van der Waals surface area contributed by atoms with E-state index in [1.54, 1.807) is 23.1 Å². The number of halogens is 1. The first-order chi connectivity index (χ1) is 13.1. The fraction of sp³-hybridized carbons (Fsp3) is 0.150. The summed E-state index contributed by atoms with van der Waals surface area (Å²) in [5.74, 6) is 1.13. The molecule has 0 aliphatic carbocycles. The van der Waals surface area contributed by atoms with Crippen molar-refractivity contribution < 1.29 is 4.74 Å². The number of nitrogens with zero attached hydrogens (tertiary/aromatic N) is 4. The molecule has 1 aromatic carbocycles. The third-order valence-electron chi connectivity index (χ3n) is 4.31. The van der Waals surface area contributed by atoms with Crippen LogP contribution in [0.4, 0.5) is 5.82 Å². The first-order valence-corrected chi connectivity index (χ1v) is 8.91. The van der Waals surface area contributed by atoms with Crippen LogP contribution in [0, 0.1) is 0 Å². The lowest BCUT2D eigenvalue weighted by atomic mass is 10.1. The maximum atomic E-state index is 6.33. The molecular formula is C20H18ClN5O. The van der Waals surface area contributed by atoms with Gasteiger partial charge >= 0.3 is 0 Å². The molecule has 0 atom stereocenters. The van der Waals surface area contributed by atoms with Crippen LogP contribution in [-0.4, -0.2) is 26.4 Å². The van der Waals surface area contributed by atoms with Crippen molar-refractivity contribution in [3.63, 3.8) is 0 Å². The molecule has 3 aromatic heterocycles. The molecule has 0 amide bonds. The predicted molar refractivity (Wildman–Crippen MR) is 107 cm³/mol. The highest BCUT2D eigenvalue weighted by Crippen LogP contribution is 2.36. The summed E-state index contributed by atoms with van der Waals surface area (Å²) < 4.78 is 7.82. The van der Waals surface area contributed by atoms with Crippen LogP contribution in [-0.2, 0) is 13.5 Å². The number of fused-ring (bicyclic) bond motifs is 1. The summed E-state index contributed by atoms with van der Waals surface area (Å²) in [6.07, 6.45) is 4.18. The zero-order chi connectivity index (χ0) is 18.8. The smallest absolute Gasteiger partial charge is 0.153 e. The van der Waals surface area contributed by atoms with Crippen molar-refractivity contribution in [2.24, 2.45) is 7.05 Å². The summed E-state index contributed by atoms with van der Waals surface area (Å²) in [6, 6.07) is 13.3. The van der Waals surface area contributed by atoms with E-state index in [4.69, 9.17) is 22.1 Å². The van der Waals surface area contributed by atoms with Crippen molar-refractivity contribution in [2.75, 3.05) is 12.3 Å². The van der Waals surface area contributed by atoms with Crippen molar-refractivity contribution in [3.8, 4) is 17.0 Å². The molecule has 0 aliphatic heterocycles. The lowest BCUT2D eigenvalue weighted by Gasteiger charge is -2.11. The van der Waals surface area contributed by atoms with Gasteiger partial charge < -0.3 is 10.5 Å². The number of aromatic nitrogens is 4. The number of anilines is 1. The zero-order valence-electron chi connectivity index (χ0n) is 14.8. The molecule has 0 radical (unpaired) electrons. The van der Waals surface area contributed by atoms with E-state index in [2.05, 4.69) is 15.1 Å². The fourth-order valence-corrected chi connectivity index (χ4v) is 3.29. The summed E-state index contributed by atoms with van der Waals surface area (Å²) in [4.78, 5) is 8.72. The first-order valence-electron chi connectivity index (χ1n) is 8.53. The number of nitrogens with two attached hydrogens (primary N) is 1. The molecule has 0 fully saturated rings. The average Bonchev–Trinajstić information content (AvgIpc) is 2.97. The summed E-state index contributed by atoms with van der Waals surface area (Å²) in [6.45, 7) is 0.483. The Bertz CT molecular complexity index is 1090. The molecule has 0 bridgehead atoms. The maximum Gasteiger partial charge on any atom is 0.153 e. The van der Waals surface area contributed by atoms with Crippen LogP contribution >= 0.6 is 11.6 Å². The molecule has 0 aliphatic rings. The number of rotatable bonds is 5. The van der Waals surface area contributed by atoms with Crippen molar-refractivity contribution in [3.05, 3.63) is 65.6 Å². The van der Waals surface area contributed by atoms with E-state index < -0.39 is 0 Å². The number of hydrogen-bond donors (Lipinski definition) is 1. The predicted octanol–water partition coefficient (Wildman–Crippen LogP) is 3.89. The normalized spacial score (nSPS) is 11.0. The molecular weight excluding hydrogens is 362 g/mol. The highest BCUT2D eigenvalue weighted by atomic mass is 35.5. The van der Waals surface area contributed by atoms with Crippen molar-refractivity contribution >= 4 is 28.3 Å². The Morgan fingerprint density at radius 3 is 2.74 bits per heavy atom. The van der Waals surface area contributed by atoms with Crippen LogP contribution in [0.2, 0.25) is 5.02 Å². The number of nitrogen functional groups attached to an aromatic ring is 1. The Hall–Kier alpha value is -3.12. The van der Waals surface area contributed by atoms with E-state index in [1.165, 1.54) is 0 Å². The van der Waals surface area contributed by atoms with E-state index in [0.717, 1.165) is 22.2 Å². The summed E-state index contributed by atoms with van der Waals surface area (Å²) >= 11 is 6.33. The summed E-state index contributed by atoms with van der Waals surface area (Å²) in [7, 11) is 1.84. The molecule has 27 heavy (non-hydrogen) atoms. The second kappa shape index (κ2) is 7.25. The van der Waals surface area contributed by atoms with Gasteiger partial charge in [0, 0.05) is 42.5 Å². The molecule has 4 rings (SSSR count). The lowest BCUT2D eigenvalue weighted by Crippen LogP contribution is -2.04. The molecule has 0 spiro atoms. The Kier molecular flexibility index (Phi) is 4.64. The van der Waals surface area contributed by atoms with Gasteiger partial charge in [-0.1, -0.05) is 17.7 Å². The molecule has 2 N–H and O–H groups in total. The van der Waals surface area contributed by atoms with Gasteiger partial charge in [0.05, 0.1) is 17.3 Å². The minimum atomic E-state index is 0.441. The number of pyridine rings is 2. The van der Waals surface area contributed by atoms with Crippen LogP contribution in [0.25, 0.3) is 22.2 Å². The molecule has 6 nitrogen and oxygen atoms in total. The Labute approximate surface area is 161 Å². The minimum absolute atomic E-state index is 0.441. The standard InChI is InChI=1S/C20H18ClN5O/c1-26-19-15(20(22)25-26)11-13(18-16(21)6-4-9-24-18)12-17(19)27-10-7-14-5-2-3-8-23-14/h2-6,8-9,11-12H,7,10H2,1H3,(H2,22,25). The number of hydrogen-bond acceptors (Lipinski definition) is 5. The van der Waals surface area contributed by atoms with E-state index in [1.807, 2.05) is 43.4 Å². The van der Waals surface area contributed by atoms with Gasteiger partial charge in [0.15, 0.2) is 5.82 Å². The third kappa shape index (κ3) is 3.44. The van der Waals surface area contributed by atoms with Crippen LogP contribution in [0.15, 0.2) is 54.9 Å². The monoisotopic (exact) mass is 379 g/mol. The number of benzene rings is 1. The molecule has 0 saturated carbocycles. The van der Waals surface area contributed by atoms with Gasteiger partial charge in [-0.2, -0.15) is 5.10 Å². The summed E-state index contributed by atoms with van der Waals surface area (Å²) in [5, 5.41) is 5.70. The van der Waals surface area contributed by atoms with Crippen molar-refractivity contribution in [2.45, 2.75) is 6.42 Å².